The van der Waals surface area contributed by atoms with E-state index in [2.05, 4.69) is 387 Å². The minimum atomic E-state index is 0.589. The minimum Gasteiger partial charge on any atom is -0.309 e. The van der Waals surface area contributed by atoms with Crippen molar-refractivity contribution in [1.29, 1.82) is 31.6 Å². The number of benzene rings is 21. The average molecular weight is 1870 g/mol. The fourth-order valence-corrected chi connectivity index (χ4v) is 23.8. The third-order valence-electron chi connectivity index (χ3n) is 29.6. The maximum absolute atomic E-state index is 10.5. The molecule has 15 nitrogen and oxygen atoms in total. The van der Waals surface area contributed by atoms with E-state index in [1.165, 1.54) is 21.5 Å². The lowest BCUT2D eigenvalue weighted by atomic mass is 10.1. The van der Waals surface area contributed by atoms with Crippen molar-refractivity contribution in [1.82, 2.24) is 41.1 Å². The van der Waals surface area contributed by atoms with E-state index >= 15 is 0 Å². The molecule has 9 aromatic heterocycles. The van der Waals surface area contributed by atoms with Crippen molar-refractivity contribution in [2.24, 2.45) is 0 Å². The topological polar surface area (TPSA) is 187 Å². The summed E-state index contributed by atoms with van der Waals surface area (Å²) in [7, 11) is 0. The maximum atomic E-state index is 10.5. The van der Waals surface area contributed by atoms with Gasteiger partial charge in [-0.05, 0) is 218 Å². The number of fused-ring (bicyclic) bond motifs is 33. The molecule has 0 saturated heterocycles. The second-order valence-corrected chi connectivity index (χ2v) is 37.2. The van der Waals surface area contributed by atoms with E-state index in [0.29, 0.717) is 33.4 Å². The van der Waals surface area contributed by atoms with Crippen LogP contribution in [0.3, 0.4) is 0 Å². The van der Waals surface area contributed by atoms with Crippen LogP contribution in [0.4, 0.5) is 0 Å². The Morgan fingerprint density at radius 1 is 0.129 bits per heavy atom. The molecular formula is C132H75N15. The maximum Gasteiger partial charge on any atom is 0.101 e. The summed E-state index contributed by atoms with van der Waals surface area (Å²) in [4.78, 5) is 0. The van der Waals surface area contributed by atoms with Crippen molar-refractivity contribution < 1.29 is 0 Å². The van der Waals surface area contributed by atoms with Gasteiger partial charge in [0.15, 0.2) is 0 Å². The lowest BCUT2D eigenvalue weighted by Crippen LogP contribution is -1.98. The molecule has 30 aromatic rings. The number of hydrogen-bond donors (Lipinski definition) is 0. The lowest BCUT2D eigenvalue weighted by Gasteiger charge is -2.12. The van der Waals surface area contributed by atoms with Gasteiger partial charge in [0.1, 0.15) is 12.1 Å². The van der Waals surface area contributed by atoms with E-state index < -0.39 is 0 Å². The highest BCUT2D eigenvalue weighted by Gasteiger charge is 2.32. The number of aromatic nitrogens is 9. The second-order valence-electron chi connectivity index (χ2n) is 37.2. The second kappa shape index (κ2) is 33.2. The van der Waals surface area contributed by atoms with Crippen LogP contribution in [0, 0.1) is 68.0 Å². The molecule has 0 fully saturated rings. The summed E-state index contributed by atoms with van der Waals surface area (Å²) >= 11 is 0. The Hall–Kier alpha value is -21.2. The fraction of sp³-hybridized carbons (Fsp3) is 0. The van der Waals surface area contributed by atoms with Crippen LogP contribution < -0.4 is 0 Å². The Morgan fingerprint density at radius 3 is 0.769 bits per heavy atom. The Bertz CT molecular complexity index is 11200. The van der Waals surface area contributed by atoms with Gasteiger partial charge in [-0.2, -0.15) is 31.6 Å². The van der Waals surface area contributed by atoms with Crippen LogP contribution >= 0.6 is 0 Å². The molecule has 0 N–H and O–H groups in total. The van der Waals surface area contributed by atoms with E-state index in [1.807, 2.05) is 146 Å². The average Bonchev–Trinajstić information content (AvgIpc) is 1.53. The normalized spacial score (nSPS) is 11.6. The summed E-state index contributed by atoms with van der Waals surface area (Å²) in [6, 6.07) is 171. The highest BCUT2D eigenvalue weighted by molar-refractivity contribution is 6.36. The van der Waals surface area contributed by atoms with Crippen molar-refractivity contribution in [2.75, 3.05) is 0 Å². The van der Waals surface area contributed by atoms with Gasteiger partial charge in [0, 0.05) is 142 Å². The lowest BCUT2D eigenvalue weighted by molar-refractivity contribution is 1.17. The molecule has 0 aliphatic heterocycles. The minimum absolute atomic E-state index is 0.589. The smallest absolute Gasteiger partial charge is 0.101 e. The summed E-state index contributed by atoms with van der Waals surface area (Å²) in [5, 5.41) is 80.3. The first-order valence-electron chi connectivity index (χ1n) is 48.7. The zero-order valence-electron chi connectivity index (χ0n) is 78.5. The van der Waals surface area contributed by atoms with Crippen LogP contribution in [0.1, 0.15) is 33.4 Å². The Morgan fingerprint density at radius 2 is 0.381 bits per heavy atom. The Labute approximate surface area is 839 Å². The zero-order chi connectivity index (χ0) is 97.9. The van der Waals surface area contributed by atoms with Gasteiger partial charge in [0.2, 0.25) is 0 Å². The van der Waals surface area contributed by atoms with E-state index in [-0.39, 0.29) is 0 Å². The predicted molar refractivity (Wildman–Crippen MR) is 597 cm³/mol. The van der Waals surface area contributed by atoms with Crippen molar-refractivity contribution in [2.45, 2.75) is 0 Å². The van der Waals surface area contributed by atoms with Gasteiger partial charge >= 0.3 is 0 Å². The summed E-state index contributed by atoms with van der Waals surface area (Å²) in [6.45, 7) is 0. The predicted octanol–water partition coefficient (Wildman–Crippen LogP) is 32.2. The molecule has 0 unspecified atom stereocenters. The van der Waals surface area contributed by atoms with Crippen LogP contribution in [0.25, 0.3) is 247 Å². The molecule has 0 radical (unpaired) electrons. The molecule has 0 aliphatic rings. The van der Waals surface area contributed by atoms with Crippen molar-refractivity contribution in [3.05, 3.63) is 488 Å². The van der Waals surface area contributed by atoms with Gasteiger partial charge in [-0.3, -0.25) is 0 Å². The first-order valence-corrected chi connectivity index (χ1v) is 48.7. The summed E-state index contributed by atoms with van der Waals surface area (Å²) < 4.78 is 20.9. The van der Waals surface area contributed by atoms with Gasteiger partial charge in [-0.25, -0.2) is 0 Å². The van der Waals surface area contributed by atoms with Crippen LogP contribution in [-0.2, 0) is 0 Å². The number of para-hydroxylation sites is 11. The molecule has 9 heterocycles. The molecule has 30 rings (SSSR count). The Balaban J connectivity index is 0.000000107. The molecule has 0 amide bonds. The van der Waals surface area contributed by atoms with E-state index in [1.54, 1.807) is 0 Å². The van der Waals surface area contributed by atoms with Crippen LogP contribution in [0.2, 0.25) is 0 Å². The molecule has 0 bridgehead atoms. The van der Waals surface area contributed by atoms with Crippen molar-refractivity contribution in [3.8, 4) is 87.6 Å². The SMILES string of the molecule is N#Cc1ccc(-n2c3ccccc3c3c2ccc2c4ccc5c(c6ccccc6n5-c5ccccc5)c4n(-c4cccc(C#N)c4)c23)cc1.N#Cc1cccc(-n2c3ccc(C#N)cc3c3c2ccc2c4ccc5c(c6ccccc6n5-c5ccccc5)c4n(-c4ccccc4)c23)c1.N#Cc1ccccc1-n1c2c(ccc3c2c2ccccc2n3-c2ccccc2)c2ccc3c(c4cccc(C#N)c4n3-c3ccccc3)c21. The summed E-state index contributed by atoms with van der Waals surface area (Å²) in [5.41, 5.74) is 31.9. The highest BCUT2D eigenvalue weighted by Crippen LogP contribution is 2.53. The van der Waals surface area contributed by atoms with E-state index in [0.717, 1.165) is 226 Å². The zero-order valence-corrected chi connectivity index (χ0v) is 78.5. The molecule has 147 heavy (non-hydrogen) atoms. The molecule has 0 atom stereocenters. The van der Waals surface area contributed by atoms with Crippen LogP contribution in [0.5, 0.6) is 0 Å². The summed E-state index contributed by atoms with van der Waals surface area (Å²) in [6.07, 6.45) is 0. The van der Waals surface area contributed by atoms with E-state index in [9.17, 15) is 31.6 Å². The number of nitriles is 6. The highest BCUT2D eigenvalue weighted by atomic mass is 15.1. The van der Waals surface area contributed by atoms with Gasteiger partial charge in [0.25, 0.3) is 0 Å². The molecule has 0 saturated carbocycles. The summed E-state index contributed by atoms with van der Waals surface area (Å²) in [5.74, 6) is 0. The molecule has 15 heteroatoms. The number of rotatable bonds is 9. The van der Waals surface area contributed by atoms with Gasteiger partial charge in [0.05, 0.1) is 163 Å². The van der Waals surface area contributed by atoms with Gasteiger partial charge in [-0.1, -0.05) is 237 Å². The van der Waals surface area contributed by atoms with Crippen molar-refractivity contribution in [3.63, 3.8) is 0 Å². The van der Waals surface area contributed by atoms with Crippen molar-refractivity contribution >= 4 is 196 Å². The standard InChI is InChI=1S/3C44H25N5/c45-26-28-12-7-9-20-36(28)49-43-32(22-24-38-40(43)34-18-8-10-21-37(34)47(38)30-14-3-1-4-15-30)33-23-25-39-41(44(33)49)35-19-11-13-29(27-46)42(35)48(39)31-16-5-2-6-17-31;45-26-28-10-9-15-32(24-28)48-38-21-18-29(27-46)25-36(38)42-40(48)23-20-34-33-19-22-39-41(43(33)49(44(34)42)31-13-5-2-6-14-31)35-16-7-8-17-37(35)47(39)30-11-3-1-4-12-30;45-26-28-17-19-31(20-18-28)48-38-16-7-5-14-36(38)42-40(48)24-22-34-33-21-23-39-41(43(33)49(44(34)42)32-12-8-9-29(25-32)27-46)35-13-4-6-15-37(35)47(39)30-10-2-1-3-11-30/h3*1-25H. The number of hydrogen-bond acceptors (Lipinski definition) is 6. The number of nitrogens with zero attached hydrogens (tertiary/aromatic N) is 15. The van der Waals surface area contributed by atoms with E-state index in [4.69, 9.17) is 0 Å². The van der Waals surface area contributed by atoms with Gasteiger partial charge < -0.3 is 41.1 Å². The molecule has 0 spiro atoms. The fourth-order valence-electron chi connectivity index (χ4n) is 23.8. The molecule has 0 aliphatic carbocycles. The first kappa shape index (κ1) is 83.9. The molecule has 678 valence electrons. The van der Waals surface area contributed by atoms with Gasteiger partial charge in [-0.15, -0.1) is 0 Å². The molecular weight excluding hydrogens is 1800 g/mol. The van der Waals surface area contributed by atoms with Crippen LogP contribution in [-0.4, -0.2) is 41.1 Å². The molecule has 21 aromatic carbocycles. The largest absolute Gasteiger partial charge is 0.309 e. The first-order chi connectivity index (χ1) is 72.8. The monoisotopic (exact) mass is 1870 g/mol. The third kappa shape index (κ3) is 12.4. The third-order valence-corrected chi connectivity index (χ3v) is 29.6. The Kier molecular flexibility index (Phi) is 19.0. The quantitative estimate of drug-likeness (QED) is 0.138. The van der Waals surface area contributed by atoms with Crippen LogP contribution in [0.15, 0.2) is 455 Å².